The number of likely N-dealkylation sites (N-methyl/N-ethyl adjacent to an activating group) is 1. The third kappa shape index (κ3) is 4.09. The normalized spacial score (nSPS) is 18.0. The molecule has 3 aromatic rings. The molecular formula is C25H29N7O. The number of aromatic nitrogens is 3. The predicted octanol–water partition coefficient (Wildman–Crippen LogP) is 3.40. The van der Waals surface area contributed by atoms with Crippen LogP contribution < -0.4 is 15.5 Å². The maximum atomic E-state index is 11.8. The van der Waals surface area contributed by atoms with Gasteiger partial charge < -0.3 is 25.2 Å². The average Bonchev–Trinajstić information content (AvgIpc) is 3.17. The largest absolute Gasteiger partial charge is 0.378 e. The molecule has 4 heterocycles. The van der Waals surface area contributed by atoms with Crippen molar-refractivity contribution in [2.45, 2.75) is 19.9 Å². The van der Waals surface area contributed by atoms with Crippen LogP contribution in [0.15, 0.2) is 36.5 Å². The Morgan fingerprint density at radius 2 is 1.88 bits per heavy atom. The van der Waals surface area contributed by atoms with Crippen LogP contribution >= 0.6 is 0 Å². The second kappa shape index (κ2) is 8.71. The SMILES string of the molecule is Cc1n[nH]c(C)c1-c1cc2c(c(Nc3ccc(N4CCN(C)CC4)cc3)n1)C(C=O)NC=C2. The van der Waals surface area contributed by atoms with Crippen LogP contribution in [0, 0.1) is 13.8 Å². The lowest BCUT2D eigenvalue weighted by Crippen LogP contribution is -2.44. The molecule has 0 spiro atoms. The van der Waals surface area contributed by atoms with E-state index in [9.17, 15) is 4.79 Å². The Bertz CT molecular complexity index is 1170. The minimum atomic E-state index is -0.454. The van der Waals surface area contributed by atoms with E-state index in [1.54, 1.807) is 0 Å². The molecule has 0 radical (unpaired) electrons. The first-order valence-corrected chi connectivity index (χ1v) is 11.3. The summed E-state index contributed by atoms with van der Waals surface area (Å²) in [6.07, 6.45) is 4.71. The Morgan fingerprint density at radius 3 is 2.55 bits per heavy atom. The molecule has 33 heavy (non-hydrogen) atoms. The van der Waals surface area contributed by atoms with Crippen LogP contribution in [0.25, 0.3) is 17.3 Å². The smallest absolute Gasteiger partial charge is 0.146 e. The van der Waals surface area contributed by atoms with Gasteiger partial charge in [0.1, 0.15) is 18.1 Å². The number of aldehydes is 1. The summed E-state index contributed by atoms with van der Waals surface area (Å²) in [5.41, 5.74) is 7.63. The number of rotatable bonds is 5. The number of fused-ring (bicyclic) bond motifs is 1. The summed E-state index contributed by atoms with van der Waals surface area (Å²) >= 11 is 0. The lowest BCUT2D eigenvalue weighted by atomic mass is 9.96. The standard InChI is InChI=1S/C25H29N7O/c1-16-23(17(2)30-29-16)21-14-18-8-9-26-22(15-33)24(18)25(28-21)27-19-4-6-20(7-5-19)32-12-10-31(3)11-13-32/h4-9,14-15,22,26H,10-13H2,1-3H3,(H,27,28)(H,29,30). The first-order valence-electron chi connectivity index (χ1n) is 11.3. The minimum Gasteiger partial charge on any atom is -0.378 e. The van der Waals surface area contributed by atoms with E-state index in [0.717, 1.165) is 71.9 Å². The summed E-state index contributed by atoms with van der Waals surface area (Å²) in [5.74, 6) is 0.670. The zero-order valence-electron chi connectivity index (χ0n) is 19.2. The number of pyridine rings is 1. The molecule has 3 N–H and O–H groups in total. The summed E-state index contributed by atoms with van der Waals surface area (Å²) in [6.45, 7) is 8.17. The van der Waals surface area contributed by atoms with E-state index in [1.807, 2.05) is 32.2 Å². The highest BCUT2D eigenvalue weighted by atomic mass is 16.1. The van der Waals surface area contributed by atoms with Gasteiger partial charge in [-0.15, -0.1) is 0 Å². The number of carbonyl (C=O) groups is 1. The maximum Gasteiger partial charge on any atom is 0.146 e. The van der Waals surface area contributed by atoms with E-state index in [-0.39, 0.29) is 0 Å². The van der Waals surface area contributed by atoms with Crippen molar-refractivity contribution in [3.63, 3.8) is 0 Å². The Labute approximate surface area is 193 Å². The lowest BCUT2D eigenvalue weighted by molar-refractivity contribution is -0.109. The molecule has 8 heteroatoms. The van der Waals surface area contributed by atoms with Crippen LogP contribution in [0.1, 0.15) is 28.6 Å². The minimum absolute atomic E-state index is 0.454. The third-order valence-corrected chi connectivity index (χ3v) is 6.46. The molecule has 2 aliphatic heterocycles. The van der Waals surface area contributed by atoms with Gasteiger partial charge in [0.25, 0.3) is 0 Å². The number of carbonyl (C=O) groups excluding carboxylic acids is 1. The maximum absolute atomic E-state index is 11.8. The number of H-pyrrole nitrogens is 1. The van der Waals surface area contributed by atoms with Gasteiger partial charge in [-0.3, -0.25) is 5.10 Å². The van der Waals surface area contributed by atoms with Crippen LogP contribution in [0.4, 0.5) is 17.2 Å². The van der Waals surface area contributed by atoms with E-state index >= 15 is 0 Å². The topological polar surface area (TPSA) is 89.2 Å². The molecule has 2 aliphatic rings. The summed E-state index contributed by atoms with van der Waals surface area (Å²) in [7, 11) is 2.16. The van der Waals surface area contributed by atoms with Gasteiger partial charge in [-0.2, -0.15) is 5.10 Å². The van der Waals surface area contributed by atoms with E-state index < -0.39 is 6.04 Å². The molecule has 0 bridgehead atoms. The number of nitrogens with zero attached hydrogens (tertiary/aromatic N) is 4. The van der Waals surface area contributed by atoms with Crippen LogP contribution in [0.5, 0.6) is 0 Å². The Hall–Kier alpha value is -3.65. The summed E-state index contributed by atoms with van der Waals surface area (Å²) in [5, 5.41) is 14.0. The van der Waals surface area contributed by atoms with Gasteiger partial charge in [0.05, 0.1) is 11.4 Å². The molecule has 0 amide bonds. The fourth-order valence-electron chi connectivity index (χ4n) is 4.58. The molecule has 8 nitrogen and oxygen atoms in total. The van der Waals surface area contributed by atoms with E-state index in [4.69, 9.17) is 4.98 Å². The Kier molecular flexibility index (Phi) is 5.60. The van der Waals surface area contributed by atoms with Crippen molar-refractivity contribution in [1.82, 2.24) is 25.4 Å². The quantitative estimate of drug-likeness (QED) is 0.521. The van der Waals surface area contributed by atoms with Crippen LogP contribution in [0.3, 0.4) is 0 Å². The van der Waals surface area contributed by atoms with Crippen molar-refractivity contribution >= 4 is 29.6 Å². The van der Waals surface area contributed by atoms with Gasteiger partial charge in [0.15, 0.2) is 0 Å². The number of hydrogen-bond acceptors (Lipinski definition) is 7. The summed E-state index contributed by atoms with van der Waals surface area (Å²) in [6, 6.07) is 10.0. The zero-order chi connectivity index (χ0) is 22.9. The Morgan fingerprint density at radius 1 is 1.12 bits per heavy atom. The first-order chi connectivity index (χ1) is 16.0. The highest BCUT2D eigenvalue weighted by molar-refractivity contribution is 5.81. The number of aryl methyl sites for hydroxylation is 2. The van der Waals surface area contributed by atoms with E-state index in [2.05, 4.69) is 61.9 Å². The van der Waals surface area contributed by atoms with Gasteiger partial charge in [-0.25, -0.2) is 4.98 Å². The fraction of sp³-hybridized carbons (Fsp3) is 0.320. The summed E-state index contributed by atoms with van der Waals surface area (Å²) in [4.78, 5) is 21.5. The van der Waals surface area contributed by atoms with Gasteiger partial charge in [0, 0.05) is 54.4 Å². The molecule has 0 aliphatic carbocycles. The average molecular weight is 444 g/mol. The lowest BCUT2D eigenvalue weighted by Gasteiger charge is -2.34. The highest BCUT2D eigenvalue weighted by Crippen LogP contribution is 2.35. The summed E-state index contributed by atoms with van der Waals surface area (Å²) < 4.78 is 0. The second-order valence-electron chi connectivity index (χ2n) is 8.74. The molecule has 1 unspecified atom stereocenters. The molecule has 170 valence electrons. The number of benzene rings is 1. The van der Waals surface area contributed by atoms with Crippen LogP contribution in [-0.4, -0.2) is 59.6 Å². The van der Waals surface area contributed by atoms with Gasteiger partial charge >= 0.3 is 0 Å². The van der Waals surface area contributed by atoms with Crippen molar-refractivity contribution in [3.05, 3.63) is 59.0 Å². The molecule has 5 rings (SSSR count). The third-order valence-electron chi connectivity index (χ3n) is 6.46. The molecule has 1 fully saturated rings. The van der Waals surface area contributed by atoms with Crippen molar-refractivity contribution in [2.24, 2.45) is 0 Å². The van der Waals surface area contributed by atoms with Gasteiger partial charge in [-0.05, 0) is 69.1 Å². The number of piperazine rings is 1. The van der Waals surface area contributed by atoms with Crippen molar-refractivity contribution < 1.29 is 4.79 Å². The van der Waals surface area contributed by atoms with Crippen molar-refractivity contribution in [2.75, 3.05) is 43.4 Å². The second-order valence-corrected chi connectivity index (χ2v) is 8.74. The molecular weight excluding hydrogens is 414 g/mol. The number of nitrogens with one attached hydrogen (secondary N) is 3. The first kappa shape index (κ1) is 21.2. The zero-order valence-corrected chi connectivity index (χ0v) is 19.2. The number of hydrogen-bond donors (Lipinski definition) is 3. The highest BCUT2D eigenvalue weighted by Gasteiger charge is 2.24. The van der Waals surface area contributed by atoms with E-state index in [1.165, 1.54) is 5.69 Å². The molecule has 1 saturated heterocycles. The molecule has 1 aromatic carbocycles. The van der Waals surface area contributed by atoms with Gasteiger partial charge in [0.2, 0.25) is 0 Å². The number of anilines is 3. The van der Waals surface area contributed by atoms with E-state index in [0.29, 0.717) is 5.82 Å². The van der Waals surface area contributed by atoms with Crippen LogP contribution in [0.2, 0.25) is 0 Å². The number of aromatic amines is 1. The van der Waals surface area contributed by atoms with Crippen molar-refractivity contribution in [3.8, 4) is 11.3 Å². The Balaban J connectivity index is 1.50. The molecule has 1 atom stereocenters. The fourth-order valence-corrected chi connectivity index (χ4v) is 4.58. The molecule has 2 aromatic heterocycles. The van der Waals surface area contributed by atoms with Crippen molar-refractivity contribution in [1.29, 1.82) is 0 Å². The van der Waals surface area contributed by atoms with Crippen LogP contribution in [-0.2, 0) is 4.79 Å². The predicted molar refractivity (Wildman–Crippen MR) is 132 cm³/mol. The van der Waals surface area contributed by atoms with Gasteiger partial charge in [-0.1, -0.05) is 0 Å². The molecule has 0 saturated carbocycles. The monoisotopic (exact) mass is 443 g/mol.